The third kappa shape index (κ3) is 5.94. The van der Waals surface area contributed by atoms with Crippen LogP contribution < -0.4 is 0 Å². The average molecular weight is 506 g/mol. The highest BCUT2D eigenvalue weighted by atomic mass is 35.5. The van der Waals surface area contributed by atoms with E-state index in [-0.39, 0.29) is 30.3 Å². The van der Waals surface area contributed by atoms with Gasteiger partial charge in [0.1, 0.15) is 0 Å². The molecule has 0 radical (unpaired) electrons. The number of halogens is 2. The number of aliphatic carboxylic acids is 1. The first-order valence-electron chi connectivity index (χ1n) is 11.6. The van der Waals surface area contributed by atoms with Crippen LogP contribution in [0.1, 0.15) is 76.5 Å². The van der Waals surface area contributed by atoms with E-state index in [1.54, 1.807) is 39.0 Å². The van der Waals surface area contributed by atoms with Gasteiger partial charge in [0.2, 0.25) is 5.91 Å². The molecule has 0 spiro atoms. The van der Waals surface area contributed by atoms with Crippen molar-refractivity contribution in [3.8, 4) is 0 Å². The molecule has 0 aliphatic carbocycles. The molecule has 7 heteroatoms. The van der Waals surface area contributed by atoms with E-state index in [2.05, 4.69) is 0 Å². The van der Waals surface area contributed by atoms with Gasteiger partial charge in [-0.2, -0.15) is 0 Å². The van der Waals surface area contributed by atoms with Gasteiger partial charge in [-0.3, -0.25) is 9.59 Å². The molecule has 184 valence electrons. The zero-order chi connectivity index (χ0) is 25.3. The Morgan fingerprint density at radius 3 is 2.32 bits per heavy atom. The highest BCUT2D eigenvalue weighted by Gasteiger charge is 2.52. The molecule has 34 heavy (non-hydrogen) atoms. The minimum atomic E-state index is -1.10. The molecule has 5 nitrogen and oxygen atoms in total. The predicted molar refractivity (Wildman–Crippen MR) is 135 cm³/mol. The maximum atomic E-state index is 14.1. The third-order valence-electron chi connectivity index (χ3n) is 6.73. The van der Waals surface area contributed by atoms with Crippen molar-refractivity contribution in [3.63, 3.8) is 0 Å². The van der Waals surface area contributed by atoms with Crippen LogP contribution in [0.2, 0.25) is 10.0 Å². The van der Waals surface area contributed by atoms with Crippen LogP contribution in [0.5, 0.6) is 0 Å². The maximum Gasteiger partial charge on any atom is 0.304 e. The Balaban J connectivity index is 2.24. The van der Waals surface area contributed by atoms with Gasteiger partial charge in [-0.1, -0.05) is 61.3 Å². The summed E-state index contributed by atoms with van der Waals surface area (Å²) >= 11 is 12.5. The smallest absolute Gasteiger partial charge is 0.304 e. The lowest BCUT2D eigenvalue weighted by Gasteiger charge is -2.52. The summed E-state index contributed by atoms with van der Waals surface area (Å²) in [7, 11) is 0. The molecule has 2 aromatic rings. The number of rotatable bonds is 8. The molecule has 3 rings (SSSR count). The van der Waals surface area contributed by atoms with Crippen molar-refractivity contribution in [2.45, 2.75) is 77.0 Å². The van der Waals surface area contributed by atoms with E-state index in [4.69, 9.17) is 23.2 Å². The first-order chi connectivity index (χ1) is 15.8. The van der Waals surface area contributed by atoms with E-state index in [0.29, 0.717) is 29.3 Å². The van der Waals surface area contributed by atoms with Crippen molar-refractivity contribution in [2.24, 2.45) is 5.41 Å². The second kappa shape index (κ2) is 10.3. The molecule has 0 aromatic heterocycles. The van der Waals surface area contributed by atoms with Crippen molar-refractivity contribution < 1.29 is 19.8 Å². The van der Waals surface area contributed by atoms with Crippen molar-refractivity contribution in [3.05, 3.63) is 69.7 Å². The first kappa shape index (κ1) is 26.5. The van der Waals surface area contributed by atoms with Gasteiger partial charge in [0.15, 0.2) is 0 Å². The summed E-state index contributed by atoms with van der Waals surface area (Å²) in [6.45, 7) is 7.18. The topological polar surface area (TPSA) is 77.8 Å². The standard InChI is InChI=1S/C27H33Cl2NO4/c1-5-21(14-26(2,3)34)30-24(17-9-11-19(28)12-10-17)22(18-7-6-8-20(29)13-18)15-27(4,25(30)33)16-23(31)32/h6-13,21-22,24,34H,5,14-16H2,1-4H3,(H,31,32)/t21?,22-,24?,27-/m1/s1. The highest BCUT2D eigenvalue weighted by Crippen LogP contribution is 2.52. The summed E-state index contributed by atoms with van der Waals surface area (Å²) in [5, 5.41) is 21.5. The summed E-state index contributed by atoms with van der Waals surface area (Å²) in [5.74, 6) is -1.41. The Morgan fingerprint density at radius 1 is 1.15 bits per heavy atom. The van der Waals surface area contributed by atoms with E-state index < -0.39 is 17.0 Å². The van der Waals surface area contributed by atoms with Crippen LogP contribution in [-0.4, -0.2) is 38.6 Å². The molecule has 1 fully saturated rings. The van der Waals surface area contributed by atoms with Gasteiger partial charge in [0, 0.05) is 22.0 Å². The SMILES string of the molecule is CCC(CC(C)(C)O)N1C(=O)[C@@](C)(CC(=O)O)C[C@H](c2cccc(Cl)c2)C1c1ccc(Cl)cc1. The number of hydrogen-bond donors (Lipinski definition) is 2. The zero-order valence-corrected chi connectivity index (χ0v) is 21.6. The van der Waals surface area contributed by atoms with Crippen molar-refractivity contribution >= 4 is 35.1 Å². The molecular formula is C27H33Cl2NO4. The van der Waals surface area contributed by atoms with Crippen LogP contribution in [0.4, 0.5) is 0 Å². The molecular weight excluding hydrogens is 473 g/mol. The van der Waals surface area contributed by atoms with E-state index in [1.165, 1.54) is 0 Å². The maximum absolute atomic E-state index is 14.1. The number of carbonyl (C=O) groups excluding carboxylic acids is 1. The Kier molecular flexibility index (Phi) is 8.01. The molecule has 2 N–H and O–H groups in total. The fourth-order valence-corrected chi connectivity index (χ4v) is 5.62. The number of benzene rings is 2. The molecule has 0 bridgehead atoms. The van der Waals surface area contributed by atoms with Crippen LogP contribution in [-0.2, 0) is 9.59 Å². The fraction of sp³-hybridized carbons (Fsp3) is 0.481. The van der Waals surface area contributed by atoms with Gasteiger partial charge >= 0.3 is 5.97 Å². The molecule has 2 aromatic carbocycles. The number of carboxylic acid groups (broad SMARTS) is 1. The average Bonchev–Trinajstić information content (AvgIpc) is 2.73. The van der Waals surface area contributed by atoms with Crippen LogP contribution in [0, 0.1) is 5.41 Å². The number of hydrogen-bond acceptors (Lipinski definition) is 3. The Hall–Kier alpha value is -2.08. The normalized spacial score (nSPS) is 24.2. The Labute approximate surface area is 211 Å². The van der Waals surface area contributed by atoms with Gasteiger partial charge in [-0.25, -0.2) is 0 Å². The van der Waals surface area contributed by atoms with Crippen LogP contribution in [0.25, 0.3) is 0 Å². The number of aliphatic hydroxyl groups is 1. The largest absolute Gasteiger partial charge is 0.481 e. The third-order valence-corrected chi connectivity index (χ3v) is 7.22. The van der Waals surface area contributed by atoms with Gasteiger partial charge in [-0.15, -0.1) is 0 Å². The molecule has 1 saturated heterocycles. The lowest BCUT2D eigenvalue weighted by atomic mass is 9.66. The second-order valence-corrected chi connectivity index (χ2v) is 11.2. The monoisotopic (exact) mass is 505 g/mol. The lowest BCUT2D eigenvalue weighted by molar-refractivity contribution is -0.162. The Bertz CT molecular complexity index is 1030. The number of carboxylic acids is 1. The summed E-state index contributed by atoms with van der Waals surface area (Å²) in [6.07, 6.45) is 1.07. The first-order valence-corrected chi connectivity index (χ1v) is 12.4. The van der Waals surface area contributed by atoms with E-state index in [9.17, 15) is 19.8 Å². The van der Waals surface area contributed by atoms with Gasteiger partial charge in [0.25, 0.3) is 0 Å². The van der Waals surface area contributed by atoms with Crippen LogP contribution in [0.15, 0.2) is 48.5 Å². The summed E-state index contributed by atoms with van der Waals surface area (Å²) < 4.78 is 0. The Morgan fingerprint density at radius 2 is 1.79 bits per heavy atom. The van der Waals surface area contributed by atoms with Crippen molar-refractivity contribution in [1.82, 2.24) is 4.90 Å². The predicted octanol–water partition coefficient (Wildman–Crippen LogP) is 6.47. The van der Waals surface area contributed by atoms with Crippen LogP contribution in [0.3, 0.4) is 0 Å². The molecule has 0 saturated carbocycles. The minimum Gasteiger partial charge on any atom is -0.481 e. The molecule has 1 aliphatic heterocycles. The van der Waals surface area contributed by atoms with Gasteiger partial charge in [-0.05, 0) is 68.5 Å². The second-order valence-electron chi connectivity index (χ2n) is 10.3. The minimum absolute atomic E-state index is 0.196. The summed E-state index contributed by atoms with van der Waals surface area (Å²) in [6, 6.07) is 14.3. The van der Waals surface area contributed by atoms with Crippen LogP contribution >= 0.6 is 23.2 Å². The van der Waals surface area contributed by atoms with E-state index in [0.717, 1.165) is 11.1 Å². The van der Waals surface area contributed by atoms with E-state index >= 15 is 0 Å². The fourth-order valence-electron chi connectivity index (χ4n) is 5.30. The number of nitrogens with zero attached hydrogens (tertiary/aromatic N) is 1. The highest BCUT2D eigenvalue weighted by molar-refractivity contribution is 6.30. The summed E-state index contributed by atoms with van der Waals surface area (Å²) in [5.41, 5.74) is -0.249. The number of piperidine rings is 1. The molecule has 4 atom stereocenters. The lowest BCUT2D eigenvalue weighted by Crippen LogP contribution is -2.57. The molecule has 1 heterocycles. The quantitative estimate of drug-likeness (QED) is 0.430. The zero-order valence-electron chi connectivity index (χ0n) is 20.1. The molecule has 1 amide bonds. The number of amides is 1. The van der Waals surface area contributed by atoms with Crippen molar-refractivity contribution in [2.75, 3.05) is 0 Å². The van der Waals surface area contributed by atoms with Gasteiger partial charge < -0.3 is 15.1 Å². The number of likely N-dealkylation sites (tertiary alicyclic amines) is 1. The molecule has 2 unspecified atom stereocenters. The van der Waals surface area contributed by atoms with Crippen molar-refractivity contribution in [1.29, 1.82) is 0 Å². The van der Waals surface area contributed by atoms with Gasteiger partial charge in [0.05, 0.1) is 23.5 Å². The molecule has 1 aliphatic rings. The number of carbonyl (C=O) groups is 2. The summed E-state index contributed by atoms with van der Waals surface area (Å²) in [4.78, 5) is 27.8. The van der Waals surface area contributed by atoms with E-state index in [1.807, 2.05) is 42.2 Å².